The number of nitrogens with zero attached hydrogens (tertiary/aromatic N) is 2. The van der Waals surface area contributed by atoms with Crippen molar-refractivity contribution in [2.24, 2.45) is 5.92 Å². The molecule has 190 valence electrons. The molecule has 1 aromatic heterocycles. The standard InChI is InChI=1S/C23H27F2N3O7/c1-14(2)12-34-22(32)27-17-10-11-26-21(31)28(17)20-23(24,25)19(30)16(35-20)13-33-18(29)9-8-15-6-4-3-5-7-15/h3-7,10-11,14,16,19-20,30H,8-9,12-13H2,1-2H3,(H,27,32)/t16-,19-,20-/m1/s1. The van der Waals surface area contributed by atoms with Crippen molar-refractivity contribution in [2.45, 2.75) is 51.0 Å². The lowest BCUT2D eigenvalue weighted by Crippen LogP contribution is -2.42. The molecule has 3 atom stereocenters. The topological polar surface area (TPSA) is 129 Å². The Morgan fingerprint density at radius 1 is 1.23 bits per heavy atom. The Morgan fingerprint density at radius 3 is 2.63 bits per heavy atom. The number of hydrogen-bond donors (Lipinski definition) is 2. The number of aliphatic hydroxyl groups excluding tert-OH is 1. The minimum absolute atomic E-state index is 0.00126. The third-order valence-corrected chi connectivity index (χ3v) is 5.14. The van der Waals surface area contributed by atoms with Gasteiger partial charge in [0.25, 0.3) is 0 Å². The number of ether oxygens (including phenoxy) is 3. The van der Waals surface area contributed by atoms with Crippen molar-refractivity contribution in [1.82, 2.24) is 9.55 Å². The molecule has 0 aliphatic carbocycles. The van der Waals surface area contributed by atoms with Gasteiger partial charge in [0.05, 0.1) is 6.61 Å². The molecule has 0 radical (unpaired) electrons. The smallest absolute Gasteiger partial charge is 0.412 e. The molecular formula is C23H27F2N3O7. The van der Waals surface area contributed by atoms with E-state index in [4.69, 9.17) is 14.2 Å². The average molecular weight is 495 g/mol. The minimum Gasteiger partial charge on any atom is -0.463 e. The number of amides is 1. The molecule has 1 aliphatic rings. The number of carbonyl (C=O) groups is 2. The number of carbonyl (C=O) groups excluding carboxylic acids is 2. The molecule has 3 rings (SSSR count). The number of nitrogens with one attached hydrogen (secondary N) is 1. The van der Waals surface area contributed by atoms with Crippen LogP contribution in [0.1, 0.15) is 32.1 Å². The van der Waals surface area contributed by atoms with Crippen molar-refractivity contribution >= 4 is 17.9 Å². The summed E-state index contributed by atoms with van der Waals surface area (Å²) in [5.41, 5.74) is -0.250. The van der Waals surface area contributed by atoms with Crippen LogP contribution >= 0.6 is 0 Å². The van der Waals surface area contributed by atoms with Crippen LogP contribution in [-0.2, 0) is 25.4 Å². The number of benzene rings is 1. The van der Waals surface area contributed by atoms with Crippen LogP contribution in [0.25, 0.3) is 0 Å². The Hall–Kier alpha value is -3.38. The molecule has 2 heterocycles. The zero-order chi connectivity index (χ0) is 25.6. The quantitative estimate of drug-likeness (QED) is 0.508. The highest BCUT2D eigenvalue weighted by Crippen LogP contribution is 2.43. The normalized spacial score (nSPS) is 21.0. The van der Waals surface area contributed by atoms with E-state index in [1.807, 2.05) is 30.3 Å². The molecule has 0 unspecified atom stereocenters. The highest BCUT2D eigenvalue weighted by Gasteiger charge is 2.60. The summed E-state index contributed by atoms with van der Waals surface area (Å²) in [6.07, 6.45) is -5.88. The zero-order valence-electron chi connectivity index (χ0n) is 19.2. The van der Waals surface area contributed by atoms with Crippen molar-refractivity contribution in [2.75, 3.05) is 18.5 Å². The number of anilines is 1. The summed E-state index contributed by atoms with van der Waals surface area (Å²) in [5, 5.41) is 12.4. The zero-order valence-corrected chi connectivity index (χ0v) is 19.2. The summed E-state index contributed by atoms with van der Waals surface area (Å²) in [7, 11) is 0. The molecule has 1 saturated heterocycles. The third-order valence-electron chi connectivity index (χ3n) is 5.14. The lowest BCUT2D eigenvalue weighted by molar-refractivity contribution is -0.150. The molecule has 2 aromatic rings. The van der Waals surface area contributed by atoms with Crippen LogP contribution in [0.3, 0.4) is 0 Å². The number of hydrogen-bond acceptors (Lipinski definition) is 8. The molecule has 2 N–H and O–H groups in total. The third kappa shape index (κ3) is 6.61. The first kappa shape index (κ1) is 26.2. The first-order chi connectivity index (χ1) is 16.6. The van der Waals surface area contributed by atoms with E-state index >= 15 is 0 Å². The molecule has 0 spiro atoms. The number of aliphatic hydroxyl groups is 1. The van der Waals surface area contributed by atoms with Gasteiger partial charge in [-0.05, 0) is 24.0 Å². The second kappa shape index (κ2) is 11.4. The van der Waals surface area contributed by atoms with Gasteiger partial charge in [0.2, 0.25) is 6.23 Å². The van der Waals surface area contributed by atoms with Crippen LogP contribution in [0.5, 0.6) is 0 Å². The molecule has 1 fully saturated rings. The predicted octanol–water partition coefficient (Wildman–Crippen LogP) is 2.52. The van der Waals surface area contributed by atoms with E-state index in [1.54, 1.807) is 13.8 Å². The summed E-state index contributed by atoms with van der Waals surface area (Å²) in [4.78, 5) is 39.9. The maximum Gasteiger partial charge on any atom is 0.412 e. The number of aryl methyl sites for hydroxylation is 1. The number of alkyl halides is 2. The van der Waals surface area contributed by atoms with Crippen molar-refractivity contribution < 1.29 is 37.7 Å². The van der Waals surface area contributed by atoms with Gasteiger partial charge in [-0.15, -0.1) is 0 Å². The van der Waals surface area contributed by atoms with Crippen molar-refractivity contribution in [3.63, 3.8) is 0 Å². The highest BCUT2D eigenvalue weighted by molar-refractivity contribution is 5.83. The van der Waals surface area contributed by atoms with Crippen LogP contribution in [0, 0.1) is 5.92 Å². The first-order valence-electron chi connectivity index (χ1n) is 11.0. The maximum absolute atomic E-state index is 14.9. The van der Waals surface area contributed by atoms with Gasteiger partial charge < -0.3 is 19.3 Å². The van der Waals surface area contributed by atoms with E-state index in [-0.39, 0.29) is 24.8 Å². The van der Waals surface area contributed by atoms with Crippen molar-refractivity contribution in [3.05, 3.63) is 58.6 Å². The molecule has 12 heteroatoms. The van der Waals surface area contributed by atoms with Crippen molar-refractivity contribution in [1.29, 1.82) is 0 Å². The Balaban J connectivity index is 1.68. The van der Waals surface area contributed by atoms with Crippen LogP contribution in [0.15, 0.2) is 47.4 Å². The van der Waals surface area contributed by atoms with E-state index in [9.17, 15) is 28.3 Å². The Morgan fingerprint density at radius 2 is 1.94 bits per heavy atom. The van der Waals surface area contributed by atoms with E-state index in [0.717, 1.165) is 17.8 Å². The molecule has 0 bridgehead atoms. The van der Waals surface area contributed by atoms with Gasteiger partial charge in [0.1, 0.15) is 18.5 Å². The molecule has 1 aliphatic heterocycles. The Bertz CT molecular complexity index is 1080. The molecular weight excluding hydrogens is 468 g/mol. The van der Waals surface area contributed by atoms with Gasteiger partial charge in [0.15, 0.2) is 6.10 Å². The van der Waals surface area contributed by atoms with Gasteiger partial charge in [-0.3, -0.25) is 10.1 Å². The largest absolute Gasteiger partial charge is 0.463 e. The molecule has 1 aromatic carbocycles. The van der Waals surface area contributed by atoms with Gasteiger partial charge in [-0.2, -0.15) is 8.78 Å². The fourth-order valence-electron chi connectivity index (χ4n) is 3.36. The SMILES string of the molecule is CC(C)COC(=O)Nc1ccnc(=O)n1[C@@H]1O[C@H](COC(=O)CCc2ccccc2)[C@@H](O)C1(F)F. The van der Waals surface area contributed by atoms with E-state index in [1.165, 1.54) is 0 Å². The second-order valence-electron chi connectivity index (χ2n) is 8.41. The minimum atomic E-state index is -3.97. The fraction of sp³-hybridized carbons (Fsp3) is 0.478. The monoisotopic (exact) mass is 495 g/mol. The Kier molecular flexibility index (Phi) is 8.52. The molecule has 1 amide bonds. The van der Waals surface area contributed by atoms with Crippen LogP contribution in [0.2, 0.25) is 0 Å². The summed E-state index contributed by atoms with van der Waals surface area (Å²) in [6, 6.07) is 10.2. The lowest BCUT2D eigenvalue weighted by atomic mass is 10.1. The second-order valence-corrected chi connectivity index (χ2v) is 8.41. The summed E-state index contributed by atoms with van der Waals surface area (Å²) < 4.78 is 45.5. The number of esters is 1. The van der Waals surface area contributed by atoms with E-state index < -0.39 is 48.7 Å². The lowest BCUT2D eigenvalue weighted by Gasteiger charge is -2.23. The summed E-state index contributed by atoms with van der Waals surface area (Å²) in [6.45, 7) is 3.01. The number of halogens is 2. The summed E-state index contributed by atoms with van der Waals surface area (Å²) >= 11 is 0. The van der Waals surface area contributed by atoms with Crippen molar-refractivity contribution in [3.8, 4) is 0 Å². The summed E-state index contributed by atoms with van der Waals surface area (Å²) in [5.74, 6) is -4.97. The molecule has 10 nitrogen and oxygen atoms in total. The molecule has 0 saturated carbocycles. The van der Waals surface area contributed by atoms with Crippen LogP contribution in [-0.4, -0.2) is 58.1 Å². The Labute approximate surface area is 199 Å². The van der Waals surface area contributed by atoms with E-state index in [0.29, 0.717) is 11.0 Å². The fourth-order valence-corrected chi connectivity index (χ4v) is 3.36. The van der Waals surface area contributed by atoms with Gasteiger partial charge in [-0.25, -0.2) is 19.1 Å². The average Bonchev–Trinajstić information content (AvgIpc) is 3.04. The predicted molar refractivity (Wildman–Crippen MR) is 119 cm³/mol. The first-order valence-corrected chi connectivity index (χ1v) is 11.0. The molecule has 35 heavy (non-hydrogen) atoms. The van der Waals surface area contributed by atoms with Gasteiger partial charge >= 0.3 is 23.7 Å². The van der Waals surface area contributed by atoms with Crippen LogP contribution in [0.4, 0.5) is 19.4 Å². The van der Waals surface area contributed by atoms with E-state index in [2.05, 4.69) is 10.3 Å². The van der Waals surface area contributed by atoms with Gasteiger partial charge in [0, 0.05) is 12.6 Å². The van der Waals surface area contributed by atoms with Crippen LogP contribution < -0.4 is 11.0 Å². The number of aromatic nitrogens is 2. The maximum atomic E-state index is 14.9. The van der Waals surface area contributed by atoms with Gasteiger partial charge in [-0.1, -0.05) is 44.2 Å². The highest BCUT2D eigenvalue weighted by atomic mass is 19.3. The number of rotatable bonds is 9.